The lowest BCUT2D eigenvalue weighted by Crippen LogP contribution is -2.53. The SMILES string of the molecule is Cc1cncc(C(=O)N2[C@@H](C(=O)NC(c3cc(F)c(Cl)cc3F)C3COC3)C[C@H]3CC[C@H]32)c1. The van der Waals surface area contributed by atoms with Gasteiger partial charge in [-0.1, -0.05) is 11.6 Å². The van der Waals surface area contributed by atoms with Gasteiger partial charge in [0.15, 0.2) is 0 Å². The third-order valence-corrected chi connectivity index (χ3v) is 7.35. The second-order valence-corrected chi connectivity index (χ2v) is 9.60. The van der Waals surface area contributed by atoms with Crippen molar-refractivity contribution in [2.24, 2.45) is 11.8 Å². The molecule has 4 atom stereocenters. The molecule has 1 saturated carbocycles. The summed E-state index contributed by atoms with van der Waals surface area (Å²) in [7, 11) is 0. The highest BCUT2D eigenvalue weighted by Crippen LogP contribution is 2.45. The minimum Gasteiger partial charge on any atom is -0.381 e. The zero-order chi connectivity index (χ0) is 23.3. The first kappa shape index (κ1) is 22.2. The minimum absolute atomic E-state index is 0.00367. The van der Waals surface area contributed by atoms with Gasteiger partial charge in [-0.05, 0) is 55.9 Å². The van der Waals surface area contributed by atoms with E-state index in [0.717, 1.165) is 30.5 Å². The van der Waals surface area contributed by atoms with E-state index in [4.69, 9.17) is 16.3 Å². The average molecular weight is 476 g/mol. The molecular formula is C24H24ClF2N3O3. The van der Waals surface area contributed by atoms with Crippen LogP contribution in [0.15, 0.2) is 30.6 Å². The maximum absolute atomic E-state index is 14.7. The fraction of sp³-hybridized carbons (Fsp3) is 0.458. The van der Waals surface area contributed by atoms with Crippen molar-refractivity contribution < 1.29 is 23.1 Å². The number of benzene rings is 1. The molecule has 1 aliphatic carbocycles. The van der Waals surface area contributed by atoms with Crippen LogP contribution in [0.1, 0.15) is 46.8 Å². The molecule has 3 fully saturated rings. The molecule has 3 heterocycles. The van der Waals surface area contributed by atoms with E-state index in [0.29, 0.717) is 25.2 Å². The Morgan fingerprint density at radius 3 is 2.61 bits per heavy atom. The number of halogens is 3. The van der Waals surface area contributed by atoms with Crippen molar-refractivity contribution in [3.05, 3.63) is 63.9 Å². The van der Waals surface area contributed by atoms with Crippen LogP contribution in [0.5, 0.6) is 0 Å². The molecule has 1 aromatic carbocycles. The van der Waals surface area contributed by atoms with Crippen molar-refractivity contribution in [1.29, 1.82) is 0 Å². The number of nitrogens with zero attached hydrogens (tertiary/aromatic N) is 2. The van der Waals surface area contributed by atoms with Gasteiger partial charge in [-0.2, -0.15) is 0 Å². The van der Waals surface area contributed by atoms with Crippen LogP contribution in [0, 0.1) is 30.4 Å². The van der Waals surface area contributed by atoms with Gasteiger partial charge in [0.2, 0.25) is 5.91 Å². The van der Waals surface area contributed by atoms with Crippen molar-refractivity contribution in [3.63, 3.8) is 0 Å². The molecule has 2 amide bonds. The number of aromatic nitrogens is 1. The Balaban J connectivity index is 1.42. The predicted molar refractivity (Wildman–Crippen MR) is 117 cm³/mol. The summed E-state index contributed by atoms with van der Waals surface area (Å²) in [4.78, 5) is 32.6. The molecule has 5 rings (SSSR count). The molecule has 9 heteroatoms. The number of carbonyl (C=O) groups is 2. The number of hydrogen-bond acceptors (Lipinski definition) is 4. The summed E-state index contributed by atoms with van der Waals surface area (Å²) in [5.74, 6) is -1.99. The van der Waals surface area contributed by atoms with Crippen LogP contribution in [-0.2, 0) is 9.53 Å². The van der Waals surface area contributed by atoms with Crippen molar-refractivity contribution in [2.75, 3.05) is 13.2 Å². The molecule has 2 saturated heterocycles. The number of nitrogens with one attached hydrogen (secondary N) is 1. The predicted octanol–water partition coefficient (Wildman–Crippen LogP) is 3.82. The fourth-order valence-corrected chi connectivity index (χ4v) is 5.24. The number of hydrogen-bond donors (Lipinski definition) is 1. The van der Waals surface area contributed by atoms with E-state index in [2.05, 4.69) is 10.3 Å². The van der Waals surface area contributed by atoms with Crippen LogP contribution < -0.4 is 5.32 Å². The molecule has 3 aliphatic rings. The van der Waals surface area contributed by atoms with Gasteiger partial charge in [0, 0.05) is 29.9 Å². The summed E-state index contributed by atoms with van der Waals surface area (Å²) in [5, 5.41) is 2.59. The molecule has 33 heavy (non-hydrogen) atoms. The molecule has 1 unspecified atom stereocenters. The van der Waals surface area contributed by atoms with E-state index in [-0.39, 0.29) is 40.3 Å². The lowest BCUT2D eigenvalue weighted by molar-refractivity contribution is -0.128. The third kappa shape index (κ3) is 3.99. The monoisotopic (exact) mass is 475 g/mol. The van der Waals surface area contributed by atoms with Crippen LogP contribution in [0.3, 0.4) is 0 Å². The molecule has 2 aromatic rings. The quantitative estimate of drug-likeness (QED) is 0.667. The zero-order valence-electron chi connectivity index (χ0n) is 18.1. The highest BCUT2D eigenvalue weighted by Gasteiger charge is 2.51. The van der Waals surface area contributed by atoms with Crippen LogP contribution in [0.2, 0.25) is 5.02 Å². The lowest BCUT2D eigenvalue weighted by Gasteiger charge is -2.38. The first-order valence-electron chi connectivity index (χ1n) is 11.1. The Kier molecular flexibility index (Phi) is 5.82. The highest BCUT2D eigenvalue weighted by molar-refractivity contribution is 6.30. The summed E-state index contributed by atoms with van der Waals surface area (Å²) >= 11 is 5.71. The van der Waals surface area contributed by atoms with Gasteiger partial charge in [-0.3, -0.25) is 14.6 Å². The van der Waals surface area contributed by atoms with E-state index in [1.807, 2.05) is 6.92 Å². The average Bonchev–Trinajstić information content (AvgIpc) is 2.98. The normalized spacial score (nSPS) is 25.1. The van der Waals surface area contributed by atoms with Crippen LogP contribution in [-0.4, -0.2) is 47.0 Å². The standard InChI is InChI=1S/C24H24ClF2N3O3/c1-12-4-14(9-28-8-12)24(32)30-20-3-2-13(20)5-21(30)23(31)29-22(15-10-33-11-15)16-6-19(27)17(25)7-18(16)26/h4,6-9,13,15,20-22H,2-3,5,10-11H2,1H3,(H,29,31)/t13-,20-,21-,22?/m1/s1. The van der Waals surface area contributed by atoms with Gasteiger partial charge in [-0.25, -0.2) is 8.78 Å². The molecule has 0 bridgehead atoms. The fourth-order valence-electron chi connectivity index (χ4n) is 5.09. The summed E-state index contributed by atoms with van der Waals surface area (Å²) in [6.45, 7) is 2.50. The molecule has 1 N–H and O–H groups in total. The smallest absolute Gasteiger partial charge is 0.256 e. The summed E-state index contributed by atoms with van der Waals surface area (Å²) < 4.78 is 34.1. The second-order valence-electron chi connectivity index (χ2n) is 9.19. The number of aryl methyl sites for hydroxylation is 1. The Hall–Kier alpha value is -2.58. The van der Waals surface area contributed by atoms with Gasteiger partial charge in [0.05, 0.1) is 29.8 Å². The van der Waals surface area contributed by atoms with Crippen molar-refractivity contribution in [3.8, 4) is 0 Å². The van der Waals surface area contributed by atoms with Gasteiger partial charge >= 0.3 is 0 Å². The molecule has 0 spiro atoms. The highest BCUT2D eigenvalue weighted by atomic mass is 35.5. The molecule has 2 aliphatic heterocycles. The first-order valence-corrected chi connectivity index (χ1v) is 11.5. The Labute approximate surface area is 195 Å². The maximum Gasteiger partial charge on any atom is 0.256 e. The number of amides is 2. The number of ether oxygens (including phenoxy) is 1. The molecule has 174 valence electrons. The van der Waals surface area contributed by atoms with E-state index in [9.17, 15) is 18.4 Å². The van der Waals surface area contributed by atoms with E-state index in [1.165, 1.54) is 6.20 Å². The topological polar surface area (TPSA) is 71.5 Å². The second kappa shape index (κ2) is 8.65. The van der Waals surface area contributed by atoms with Gasteiger partial charge in [0.25, 0.3) is 5.91 Å². The van der Waals surface area contributed by atoms with E-state index < -0.39 is 23.7 Å². The zero-order valence-corrected chi connectivity index (χ0v) is 18.8. The first-order chi connectivity index (χ1) is 15.8. The lowest BCUT2D eigenvalue weighted by atomic mass is 9.80. The van der Waals surface area contributed by atoms with Crippen molar-refractivity contribution >= 4 is 23.4 Å². The number of fused-ring (bicyclic) bond motifs is 1. The molecular weight excluding hydrogens is 452 g/mol. The molecule has 1 aromatic heterocycles. The number of likely N-dealkylation sites (tertiary alicyclic amines) is 1. The largest absolute Gasteiger partial charge is 0.381 e. The number of pyridine rings is 1. The van der Waals surface area contributed by atoms with Crippen LogP contribution in [0.25, 0.3) is 0 Å². The third-order valence-electron chi connectivity index (χ3n) is 7.06. The van der Waals surface area contributed by atoms with Gasteiger partial charge in [0.1, 0.15) is 17.7 Å². The molecule has 0 radical (unpaired) electrons. The van der Waals surface area contributed by atoms with Crippen molar-refractivity contribution in [1.82, 2.24) is 15.2 Å². The minimum atomic E-state index is -0.783. The Bertz CT molecular complexity index is 1110. The van der Waals surface area contributed by atoms with Crippen LogP contribution in [0.4, 0.5) is 8.78 Å². The Morgan fingerprint density at radius 2 is 1.97 bits per heavy atom. The van der Waals surface area contributed by atoms with Crippen LogP contribution >= 0.6 is 11.6 Å². The van der Waals surface area contributed by atoms with Crippen molar-refractivity contribution in [2.45, 2.75) is 44.3 Å². The summed E-state index contributed by atoms with van der Waals surface area (Å²) in [6, 6.07) is 2.25. The Morgan fingerprint density at radius 1 is 1.18 bits per heavy atom. The maximum atomic E-state index is 14.7. The summed E-state index contributed by atoms with van der Waals surface area (Å²) in [6.07, 6.45) is 5.53. The van der Waals surface area contributed by atoms with Gasteiger partial charge < -0.3 is 15.0 Å². The van der Waals surface area contributed by atoms with Gasteiger partial charge in [-0.15, -0.1) is 0 Å². The number of carbonyl (C=O) groups excluding carboxylic acids is 2. The summed E-state index contributed by atoms with van der Waals surface area (Å²) in [5.41, 5.74) is 1.33. The van der Waals surface area contributed by atoms with E-state index in [1.54, 1.807) is 17.2 Å². The number of rotatable bonds is 5. The van der Waals surface area contributed by atoms with E-state index >= 15 is 0 Å². The molecule has 6 nitrogen and oxygen atoms in total.